The predicted molar refractivity (Wildman–Crippen MR) is 124 cm³/mol. The largest absolute Gasteiger partial charge is 0.456 e. The lowest BCUT2D eigenvalue weighted by molar-refractivity contribution is 0.0192. The van der Waals surface area contributed by atoms with Crippen molar-refractivity contribution in [2.45, 2.75) is 45.1 Å². The van der Waals surface area contributed by atoms with Crippen LogP contribution in [0.2, 0.25) is 0 Å². The average molecular weight is 472 g/mol. The molecule has 0 radical (unpaired) electrons. The van der Waals surface area contributed by atoms with E-state index in [-0.39, 0.29) is 42.4 Å². The highest BCUT2D eigenvalue weighted by atomic mass is 32.2. The van der Waals surface area contributed by atoms with E-state index in [4.69, 9.17) is 9.47 Å². The number of piperazine rings is 1. The van der Waals surface area contributed by atoms with Gasteiger partial charge in [0, 0.05) is 26.2 Å². The van der Waals surface area contributed by atoms with Gasteiger partial charge < -0.3 is 14.4 Å². The summed E-state index contributed by atoms with van der Waals surface area (Å²) in [6, 6.07) is 12.0. The minimum absolute atomic E-state index is 0.0774. The molecule has 1 saturated heterocycles. The van der Waals surface area contributed by atoms with Crippen LogP contribution in [-0.2, 0) is 14.8 Å². The summed E-state index contributed by atoms with van der Waals surface area (Å²) in [5.74, 6) is 0.664. The van der Waals surface area contributed by atoms with Gasteiger partial charge in [0.05, 0.1) is 11.6 Å². The lowest BCUT2D eigenvalue weighted by atomic mass is 10.1. The zero-order valence-electron chi connectivity index (χ0n) is 19.6. The summed E-state index contributed by atoms with van der Waals surface area (Å²) in [4.78, 5) is 13.7. The molecule has 0 spiro atoms. The van der Waals surface area contributed by atoms with Crippen LogP contribution in [0.3, 0.4) is 0 Å². The summed E-state index contributed by atoms with van der Waals surface area (Å²) < 4.78 is 39.7. The lowest BCUT2D eigenvalue weighted by Crippen LogP contribution is -2.51. The van der Waals surface area contributed by atoms with Gasteiger partial charge in [0.1, 0.15) is 22.0 Å². The standard InChI is InChI=1S/C24H29N3O5S/c1-17-12-18(2)14-20(13-17)31-21-7-6-19(16-25)15-22(21)33(29,30)27-10-8-26(9-11-27)23(28)32-24(3,4)5/h6-7,12-15H,8-11H2,1-5H3. The second kappa shape index (κ2) is 9.41. The summed E-state index contributed by atoms with van der Waals surface area (Å²) >= 11 is 0. The maximum Gasteiger partial charge on any atom is 0.410 e. The maximum atomic E-state index is 13.5. The lowest BCUT2D eigenvalue weighted by Gasteiger charge is -2.35. The third-order valence-electron chi connectivity index (χ3n) is 5.00. The minimum Gasteiger partial charge on any atom is -0.456 e. The number of carbonyl (C=O) groups is 1. The van der Waals surface area contributed by atoms with Crippen molar-refractivity contribution in [2.24, 2.45) is 0 Å². The Hall–Kier alpha value is -3.09. The molecule has 2 aromatic rings. The molecule has 3 rings (SSSR count). The number of nitrogens with zero attached hydrogens (tertiary/aromatic N) is 3. The fourth-order valence-corrected chi connectivity index (χ4v) is 5.12. The van der Waals surface area contributed by atoms with Crippen LogP contribution >= 0.6 is 0 Å². The number of benzene rings is 2. The molecular weight excluding hydrogens is 442 g/mol. The molecule has 8 nitrogen and oxygen atoms in total. The molecule has 33 heavy (non-hydrogen) atoms. The number of amides is 1. The van der Waals surface area contributed by atoms with Crippen molar-refractivity contribution in [1.82, 2.24) is 9.21 Å². The van der Waals surface area contributed by atoms with Crippen molar-refractivity contribution >= 4 is 16.1 Å². The average Bonchev–Trinajstić information content (AvgIpc) is 2.72. The smallest absolute Gasteiger partial charge is 0.410 e. The highest BCUT2D eigenvalue weighted by Crippen LogP contribution is 2.33. The van der Waals surface area contributed by atoms with Crippen molar-refractivity contribution in [2.75, 3.05) is 26.2 Å². The molecule has 0 bridgehead atoms. The topological polar surface area (TPSA) is 99.9 Å². The quantitative estimate of drug-likeness (QED) is 0.662. The molecular formula is C24H29N3O5S. The number of sulfonamides is 1. The van der Waals surface area contributed by atoms with E-state index in [1.54, 1.807) is 20.8 Å². The van der Waals surface area contributed by atoms with E-state index >= 15 is 0 Å². The van der Waals surface area contributed by atoms with Gasteiger partial charge in [-0.3, -0.25) is 0 Å². The molecule has 1 aliphatic heterocycles. The molecule has 176 valence electrons. The zero-order chi connectivity index (χ0) is 24.4. The van der Waals surface area contributed by atoms with Gasteiger partial charge in [-0.2, -0.15) is 9.57 Å². The first-order valence-electron chi connectivity index (χ1n) is 10.7. The van der Waals surface area contributed by atoms with Crippen molar-refractivity contribution < 1.29 is 22.7 Å². The Morgan fingerprint density at radius 1 is 1.00 bits per heavy atom. The van der Waals surface area contributed by atoms with Crippen LogP contribution in [0.1, 0.15) is 37.5 Å². The van der Waals surface area contributed by atoms with Crippen LogP contribution in [-0.4, -0.2) is 55.5 Å². The van der Waals surface area contributed by atoms with Gasteiger partial charge in [0.25, 0.3) is 0 Å². The molecule has 9 heteroatoms. The van der Waals surface area contributed by atoms with Gasteiger partial charge in [-0.1, -0.05) is 6.07 Å². The third-order valence-corrected chi connectivity index (χ3v) is 6.92. The van der Waals surface area contributed by atoms with Gasteiger partial charge >= 0.3 is 6.09 Å². The number of hydrogen-bond acceptors (Lipinski definition) is 6. The Balaban J connectivity index is 1.85. The van der Waals surface area contributed by atoms with Crippen LogP contribution in [0.5, 0.6) is 11.5 Å². The maximum absolute atomic E-state index is 13.5. The zero-order valence-corrected chi connectivity index (χ0v) is 20.4. The molecule has 0 N–H and O–H groups in total. The number of hydrogen-bond donors (Lipinski definition) is 0. The van der Waals surface area contributed by atoms with Crippen LogP contribution < -0.4 is 4.74 Å². The number of aryl methyl sites for hydroxylation is 2. The first-order valence-corrected chi connectivity index (χ1v) is 12.1. The Morgan fingerprint density at radius 2 is 1.61 bits per heavy atom. The second-order valence-electron chi connectivity index (χ2n) is 9.07. The number of carbonyl (C=O) groups excluding carboxylic acids is 1. The Morgan fingerprint density at radius 3 is 2.15 bits per heavy atom. The van der Waals surface area contributed by atoms with Gasteiger partial charge in [0.15, 0.2) is 0 Å². The normalized spacial score (nSPS) is 15.1. The molecule has 0 unspecified atom stereocenters. The second-order valence-corrected chi connectivity index (χ2v) is 11.0. The van der Waals surface area contributed by atoms with Crippen molar-refractivity contribution in [3.8, 4) is 17.6 Å². The fraction of sp³-hybridized carbons (Fsp3) is 0.417. The monoisotopic (exact) mass is 471 g/mol. The summed E-state index contributed by atoms with van der Waals surface area (Å²) in [5, 5.41) is 9.32. The van der Waals surface area contributed by atoms with E-state index in [0.29, 0.717) is 5.75 Å². The molecule has 1 heterocycles. The van der Waals surface area contributed by atoms with E-state index in [1.165, 1.54) is 27.4 Å². The van der Waals surface area contributed by atoms with Gasteiger partial charge in [-0.15, -0.1) is 0 Å². The summed E-state index contributed by atoms with van der Waals surface area (Å²) in [7, 11) is -3.97. The summed E-state index contributed by atoms with van der Waals surface area (Å²) in [6.45, 7) is 9.85. The predicted octanol–water partition coefficient (Wildman–Crippen LogP) is 4.21. The third kappa shape index (κ3) is 6.03. The molecule has 1 aliphatic rings. The molecule has 0 aromatic heterocycles. The van der Waals surface area contributed by atoms with Crippen LogP contribution in [0.25, 0.3) is 0 Å². The minimum atomic E-state index is -3.97. The Labute approximate surface area is 195 Å². The fourth-order valence-electron chi connectivity index (χ4n) is 3.56. The highest BCUT2D eigenvalue weighted by Gasteiger charge is 2.34. The first-order chi connectivity index (χ1) is 15.4. The van der Waals surface area contributed by atoms with E-state index in [2.05, 4.69) is 0 Å². The Kier molecular flexibility index (Phi) is 7.00. The summed E-state index contributed by atoms with van der Waals surface area (Å²) in [5.41, 5.74) is 1.56. The number of nitriles is 1. The van der Waals surface area contributed by atoms with Crippen LogP contribution in [0, 0.1) is 25.2 Å². The summed E-state index contributed by atoms with van der Waals surface area (Å²) in [6.07, 6.45) is -0.468. The molecule has 0 saturated carbocycles. The Bertz CT molecular complexity index is 1170. The van der Waals surface area contributed by atoms with Crippen LogP contribution in [0.15, 0.2) is 41.3 Å². The molecule has 1 amide bonds. The van der Waals surface area contributed by atoms with Gasteiger partial charge in [0.2, 0.25) is 10.0 Å². The molecule has 1 fully saturated rings. The van der Waals surface area contributed by atoms with E-state index in [9.17, 15) is 18.5 Å². The number of rotatable bonds is 4. The first kappa shape index (κ1) is 24.6. The van der Waals surface area contributed by atoms with Gasteiger partial charge in [-0.25, -0.2) is 13.2 Å². The van der Waals surface area contributed by atoms with E-state index in [1.807, 2.05) is 38.1 Å². The molecule has 2 aromatic carbocycles. The highest BCUT2D eigenvalue weighted by molar-refractivity contribution is 7.89. The van der Waals surface area contributed by atoms with Gasteiger partial charge in [-0.05, 0) is 76.1 Å². The van der Waals surface area contributed by atoms with Crippen molar-refractivity contribution in [3.05, 3.63) is 53.1 Å². The number of ether oxygens (including phenoxy) is 2. The van der Waals surface area contributed by atoms with Crippen molar-refractivity contribution in [1.29, 1.82) is 5.26 Å². The molecule has 0 aliphatic carbocycles. The molecule has 0 atom stereocenters. The van der Waals surface area contributed by atoms with Crippen LogP contribution in [0.4, 0.5) is 4.79 Å². The SMILES string of the molecule is Cc1cc(C)cc(Oc2ccc(C#N)cc2S(=O)(=O)N2CCN(C(=O)OC(C)(C)C)CC2)c1. The van der Waals surface area contributed by atoms with Crippen molar-refractivity contribution in [3.63, 3.8) is 0 Å². The van der Waals surface area contributed by atoms with E-state index in [0.717, 1.165) is 11.1 Å². The van der Waals surface area contributed by atoms with E-state index < -0.39 is 21.7 Å².